The van der Waals surface area contributed by atoms with Crippen LogP contribution < -0.4 is 11.1 Å². The van der Waals surface area contributed by atoms with Crippen molar-refractivity contribution < 1.29 is 4.79 Å². The summed E-state index contributed by atoms with van der Waals surface area (Å²) in [5, 5.41) is 6.78. The van der Waals surface area contributed by atoms with Crippen molar-refractivity contribution >= 4 is 11.6 Å². The first kappa shape index (κ1) is 11.1. The van der Waals surface area contributed by atoms with E-state index in [4.69, 9.17) is 5.73 Å². The van der Waals surface area contributed by atoms with E-state index in [1.165, 1.54) is 6.20 Å². The van der Waals surface area contributed by atoms with Gasteiger partial charge in [0.2, 0.25) is 0 Å². The predicted molar refractivity (Wildman–Crippen MR) is 63.2 cm³/mol. The maximum absolute atomic E-state index is 11.7. The van der Waals surface area contributed by atoms with Gasteiger partial charge >= 0.3 is 0 Å². The molecular weight excluding hydrogens is 218 g/mol. The molecule has 0 aromatic carbocycles. The van der Waals surface area contributed by atoms with Gasteiger partial charge in [-0.1, -0.05) is 0 Å². The van der Waals surface area contributed by atoms with Crippen molar-refractivity contribution in [3.8, 4) is 0 Å². The van der Waals surface area contributed by atoms with Crippen LogP contribution in [0, 0.1) is 0 Å². The topological polar surface area (TPSA) is 85.8 Å². The Bertz CT molecular complexity index is 494. The van der Waals surface area contributed by atoms with Crippen LogP contribution in [-0.4, -0.2) is 27.2 Å². The molecule has 3 N–H and O–H groups in total. The van der Waals surface area contributed by atoms with Crippen molar-refractivity contribution in [3.05, 3.63) is 42.5 Å². The van der Waals surface area contributed by atoms with Gasteiger partial charge in [0.05, 0.1) is 6.54 Å². The molecule has 0 fully saturated rings. The number of carbonyl (C=O) groups is 1. The number of aromatic nitrogens is 3. The van der Waals surface area contributed by atoms with Crippen LogP contribution in [0.2, 0.25) is 0 Å². The average Bonchev–Trinajstić information content (AvgIpc) is 2.82. The number of nitrogens with zero attached hydrogens (tertiary/aromatic N) is 3. The quantitative estimate of drug-likeness (QED) is 0.792. The molecule has 0 saturated heterocycles. The van der Waals surface area contributed by atoms with E-state index < -0.39 is 0 Å². The summed E-state index contributed by atoms with van der Waals surface area (Å²) in [4.78, 5) is 15.6. The number of nitrogens with one attached hydrogen (secondary N) is 1. The molecule has 17 heavy (non-hydrogen) atoms. The van der Waals surface area contributed by atoms with Crippen LogP contribution in [-0.2, 0) is 6.54 Å². The average molecular weight is 231 g/mol. The highest BCUT2D eigenvalue weighted by Crippen LogP contribution is 2.02. The van der Waals surface area contributed by atoms with E-state index in [1.54, 1.807) is 23.0 Å². The first-order valence-corrected chi connectivity index (χ1v) is 5.23. The molecule has 6 nitrogen and oxygen atoms in total. The first-order valence-electron chi connectivity index (χ1n) is 5.23. The van der Waals surface area contributed by atoms with Gasteiger partial charge in [-0.2, -0.15) is 5.10 Å². The van der Waals surface area contributed by atoms with Gasteiger partial charge in [-0.3, -0.25) is 14.5 Å². The van der Waals surface area contributed by atoms with Gasteiger partial charge in [-0.25, -0.2) is 0 Å². The molecule has 0 spiro atoms. The van der Waals surface area contributed by atoms with Crippen molar-refractivity contribution in [1.82, 2.24) is 20.1 Å². The van der Waals surface area contributed by atoms with Gasteiger partial charge in [0.25, 0.3) is 5.91 Å². The predicted octanol–water partition coefficient (Wildman–Crippen LogP) is 0.290. The van der Waals surface area contributed by atoms with E-state index in [2.05, 4.69) is 15.4 Å². The minimum atomic E-state index is -0.232. The molecule has 2 rings (SSSR count). The Labute approximate surface area is 98.5 Å². The monoisotopic (exact) mass is 231 g/mol. The number of amides is 1. The van der Waals surface area contributed by atoms with Gasteiger partial charge < -0.3 is 11.1 Å². The van der Waals surface area contributed by atoms with Crippen molar-refractivity contribution in [1.29, 1.82) is 0 Å². The molecular formula is C11H13N5O. The standard InChI is InChI=1S/C11H13N5O/c12-9-2-4-13-10(8-9)11(17)14-5-7-16-6-1-3-15-16/h1-4,6,8H,5,7H2,(H2,12,13)(H,14,17). The van der Waals surface area contributed by atoms with Gasteiger partial charge in [0.15, 0.2) is 0 Å². The smallest absolute Gasteiger partial charge is 0.270 e. The highest BCUT2D eigenvalue weighted by molar-refractivity contribution is 5.92. The summed E-state index contributed by atoms with van der Waals surface area (Å²) in [5.41, 5.74) is 6.42. The van der Waals surface area contributed by atoms with Crippen molar-refractivity contribution in [2.45, 2.75) is 6.54 Å². The van der Waals surface area contributed by atoms with E-state index in [-0.39, 0.29) is 5.91 Å². The zero-order valence-corrected chi connectivity index (χ0v) is 9.21. The third-order valence-corrected chi connectivity index (χ3v) is 2.20. The number of nitrogens with two attached hydrogens (primary N) is 1. The molecule has 2 aromatic heterocycles. The van der Waals surface area contributed by atoms with E-state index in [0.717, 1.165) is 0 Å². The highest BCUT2D eigenvalue weighted by Gasteiger charge is 2.06. The Hall–Kier alpha value is -2.37. The van der Waals surface area contributed by atoms with Crippen LogP contribution in [0.5, 0.6) is 0 Å². The van der Waals surface area contributed by atoms with E-state index >= 15 is 0 Å². The fourth-order valence-electron chi connectivity index (χ4n) is 1.38. The second kappa shape index (κ2) is 5.11. The summed E-state index contributed by atoms with van der Waals surface area (Å²) >= 11 is 0. The SMILES string of the molecule is Nc1ccnc(C(=O)NCCn2cccn2)c1. The number of pyridine rings is 1. The zero-order valence-electron chi connectivity index (χ0n) is 9.21. The summed E-state index contributed by atoms with van der Waals surface area (Å²) in [6.07, 6.45) is 5.05. The van der Waals surface area contributed by atoms with Gasteiger partial charge in [-0.05, 0) is 18.2 Å². The number of anilines is 1. The lowest BCUT2D eigenvalue weighted by molar-refractivity contribution is 0.0947. The molecule has 0 radical (unpaired) electrons. The van der Waals surface area contributed by atoms with Crippen molar-refractivity contribution in [3.63, 3.8) is 0 Å². The lowest BCUT2D eigenvalue weighted by Gasteiger charge is -2.05. The fourth-order valence-corrected chi connectivity index (χ4v) is 1.38. The zero-order chi connectivity index (χ0) is 12.1. The Morgan fingerprint density at radius 1 is 1.47 bits per heavy atom. The molecule has 0 aliphatic heterocycles. The summed E-state index contributed by atoms with van der Waals surface area (Å²) < 4.78 is 1.74. The Kier molecular flexibility index (Phi) is 3.34. The molecule has 6 heteroatoms. The molecule has 0 unspecified atom stereocenters. The molecule has 0 aliphatic carbocycles. The number of carbonyl (C=O) groups excluding carboxylic acids is 1. The summed E-state index contributed by atoms with van der Waals surface area (Å²) in [5.74, 6) is -0.232. The molecule has 2 heterocycles. The number of rotatable bonds is 4. The third kappa shape index (κ3) is 3.04. The van der Waals surface area contributed by atoms with Crippen molar-refractivity contribution in [2.75, 3.05) is 12.3 Å². The summed E-state index contributed by atoms with van der Waals surface area (Å²) in [7, 11) is 0. The molecule has 0 aliphatic rings. The second-order valence-corrected chi connectivity index (χ2v) is 3.50. The lowest BCUT2D eigenvalue weighted by Crippen LogP contribution is -2.28. The Morgan fingerprint density at radius 3 is 3.06 bits per heavy atom. The molecule has 2 aromatic rings. The van der Waals surface area contributed by atoms with Crippen LogP contribution in [0.3, 0.4) is 0 Å². The maximum atomic E-state index is 11.7. The van der Waals surface area contributed by atoms with E-state index in [9.17, 15) is 4.79 Å². The number of hydrogen-bond acceptors (Lipinski definition) is 4. The highest BCUT2D eigenvalue weighted by atomic mass is 16.1. The minimum absolute atomic E-state index is 0.232. The van der Waals surface area contributed by atoms with Crippen LogP contribution >= 0.6 is 0 Å². The first-order chi connectivity index (χ1) is 8.25. The van der Waals surface area contributed by atoms with Gasteiger partial charge in [0, 0.05) is 30.8 Å². The molecule has 1 amide bonds. The van der Waals surface area contributed by atoms with Gasteiger partial charge in [0.1, 0.15) is 5.69 Å². The van der Waals surface area contributed by atoms with Crippen molar-refractivity contribution in [2.24, 2.45) is 0 Å². The molecule has 0 saturated carbocycles. The summed E-state index contributed by atoms with van der Waals surface area (Å²) in [6, 6.07) is 5.02. The molecule has 0 bridgehead atoms. The summed E-state index contributed by atoms with van der Waals surface area (Å²) in [6.45, 7) is 1.12. The Balaban J connectivity index is 1.85. The van der Waals surface area contributed by atoms with E-state index in [1.807, 2.05) is 12.3 Å². The molecule has 0 atom stereocenters. The third-order valence-electron chi connectivity index (χ3n) is 2.20. The normalized spacial score (nSPS) is 10.1. The van der Waals surface area contributed by atoms with E-state index in [0.29, 0.717) is 24.5 Å². The minimum Gasteiger partial charge on any atom is -0.399 e. The molecule has 88 valence electrons. The van der Waals surface area contributed by atoms with Crippen LogP contribution in [0.15, 0.2) is 36.8 Å². The lowest BCUT2D eigenvalue weighted by atomic mass is 10.3. The number of nitrogen functional groups attached to an aromatic ring is 1. The number of hydrogen-bond donors (Lipinski definition) is 2. The van der Waals surface area contributed by atoms with Crippen LogP contribution in [0.4, 0.5) is 5.69 Å². The van der Waals surface area contributed by atoms with Crippen LogP contribution in [0.1, 0.15) is 10.5 Å². The van der Waals surface area contributed by atoms with Gasteiger partial charge in [-0.15, -0.1) is 0 Å². The Morgan fingerprint density at radius 2 is 2.35 bits per heavy atom. The fraction of sp³-hybridized carbons (Fsp3) is 0.182. The maximum Gasteiger partial charge on any atom is 0.270 e. The van der Waals surface area contributed by atoms with Crippen LogP contribution in [0.25, 0.3) is 0 Å². The largest absolute Gasteiger partial charge is 0.399 e. The second-order valence-electron chi connectivity index (χ2n) is 3.50.